The number of nitrogens with one attached hydrogen (secondary N) is 1. The highest BCUT2D eigenvalue weighted by Crippen LogP contribution is 2.28. The fourth-order valence-electron chi connectivity index (χ4n) is 1.74. The van der Waals surface area contributed by atoms with Crippen molar-refractivity contribution in [3.63, 3.8) is 0 Å². The summed E-state index contributed by atoms with van der Waals surface area (Å²) in [6, 6.07) is 1.86. The Morgan fingerprint density at radius 3 is 2.78 bits per heavy atom. The van der Waals surface area contributed by atoms with Crippen LogP contribution in [0.15, 0.2) is 12.3 Å². The second kappa shape index (κ2) is 4.67. The van der Waals surface area contributed by atoms with Gasteiger partial charge in [-0.3, -0.25) is 0 Å². The van der Waals surface area contributed by atoms with Crippen molar-refractivity contribution in [1.29, 1.82) is 0 Å². The minimum Gasteiger partial charge on any atom is -0.329 e. The average Bonchev–Trinajstić information content (AvgIpc) is 2.53. The van der Waals surface area contributed by atoms with Crippen molar-refractivity contribution in [3.05, 3.63) is 22.1 Å². The van der Waals surface area contributed by atoms with Crippen molar-refractivity contribution < 1.29 is 0 Å². The van der Waals surface area contributed by atoms with Crippen molar-refractivity contribution in [1.82, 2.24) is 14.5 Å². The predicted octanol–water partition coefficient (Wildman–Crippen LogP) is 4.43. The molecule has 2 aromatic rings. The second-order valence-corrected chi connectivity index (χ2v) is 6.66. The highest BCUT2D eigenvalue weighted by Gasteiger charge is 2.21. The van der Waals surface area contributed by atoms with Crippen LogP contribution in [0.2, 0.25) is 5.02 Å². The topological polar surface area (TPSA) is 33.6 Å². The molecule has 0 fully saturated rings. The molecule has 0 bridgehead atoms. The maximum atomic E-state index is 5.93. The molecule has 0 radical (unpaired) electrons. The lowest BCUT2D eigenvalue weighted by Gasteiger charge is -2.27. The summed E-state index contributed by atoms with van der Waals surface area (Å²) in [6.45, 7) is 9.80. The highest BCUT2D eigenvalue weighted by atomic mass is 35.5. The van der Waals surface area contributed by atoms with Crippen molar-refractivity contribution >= 4 is 35.0 Å². The van der Waals surface area contributed by atoms with Crippen LogP contribution < -0.4 is 0 Å². The number of rotatable bonds is 2. The Labute approximate surface area is 117 Å². The van der Waals surface area contributed by atoms with Crippen LogP contribution in [0.1, 0.15) is 27.7 Å². The van der Waals surface area contributed by atoms with Gasteiger partial charge in [-0.2, -0.15) is 0 Å². The molecule has 2 aromatic heterocycles. The fourth-order valence-corrected chi connectivity index (χ4v) is 2.16. The van der Waals surface area contributed by atoms with E-state index in [0.29, 0.717) is 15.7 Å². The molecular formula is C13H18ClN3S. The SMILES string of the molecule is CC(Cn1c(=S)[nH]c2cc(Cl)cnc21)C(C)(C)C. The van der Waals surface area contributed by atoms with E-state index >= 15 is 0 Å². The van der Waals surface area contributed by atoms with Gasteiger partial charge in [0.25, 0.3) is 0 Å². The molecule has 98 valence electrons. The zero-order valence-corrected chi connectivity index (χ0v) is 12.7. The van der Waals surface area contributed by atoms with E-state index in [1.165, 1.54) is 0 Å². The van der Waals surface area contributed by atoms with E-state index in [-0.39, 0.29) is 5.41 Å². The molecule has 1 N–H and O–H groups in total. The molecule has 1 unspecified atom stereocenters. The predicted molar refractivity (Wildman–Crippen MR) is 78.5 cm³/mol. The van der Waals surface area contributed by atoms with E-state index in [2.05, 4.69) is 42.2 Å². The van der Waals surface area contributed by atoms with E-state index in [1.54, 1.807) is 6.20 Å². The Kier molecular flexibility index (Phi) is 3.52. The highest BCUT2D eigenvalue weighted by molar-refractivity contribution is 7.71. The van der Waals surface area contributed by atoms with Gasteiger partial charge in [-0.25, -0.2) is 4.98 Å². The summed E-state index contributed by atoms with van der Waals surface area (Å²) < 4.78 is 2.76. The molecule has 0 saturated heterocycles. The van der Waals surface area contributed by atoms with Crippen LogP contribution in [0.5, 0.6) is 0 Å². The lowest BCUT2D eigenvalue weighted by molar-refractivity contribution is 0.234. The van der Waals surface area contributed by atoms with E-state index in [1.807, 2.05) is 6.07 Å². The number of H-pyrrole nitrogens is 1. The van der Waals surface area contributed by atoms with E-state index in [9.17, 15) is 0 Å². The first-order chi connectivity index (χ1) is 8.29. The number of hydrogen-bond donors (Lipinski definition) is 1. The van der Waals surface area contributed by atoms with Crippen molar-refractivity contribution in [2.45, 2.75) is 34.2 Å². The summed E-state index contributed by atoms with van der Waals surface area (Å²) in [5.41, 5.74) is 2.01. The average molecular weight is 284 g/mol. The van der Waals surface area contributed by atoms with Gasteiger partial charge in [0.1, 0.15) is 0 Å². The van der Waals surface area contributed by atoms with Gasteiger partial charge in [-0.15, -0.1) is 0 Å². The first kappa shape index (κ1) is 13.6. The Balaban J connectivity index is 2.45. The molecule has 0 spiro atoms. The number of hydrogen-bond acceptors (Lipinski definition) is 2. The first-order valence-electron chi connectivity index (χ1n) is 6.03. The molecule has 2 heterocycles. The van der Waals surface area contributed by atoms with Gasteiger partial charge in [0.2, 0.25) is 0 Å². The Morgan fingerprint density at radius 1 is 1.50 bits per heavy atom. The van der Waals surface area contributed by atoms with Crippen LogP contribution in [0.3, 0.4) is 0 Å². The van der Waals surface area contributed by atoms with Crippen LogP contribution in [0.25, 0.3) is 11.2 Å². The third kappa shape index (κ3) is 2.59. The summed E-state index contributed by atoms with van der Waals surface area (Å²) >= 11 is 11.3. The molecule has 1 atom stereocenters. The molecule has 2 rings (SSSR count). The van der Waals surface area contributed by atoms with Gasteiger partial charge in [0.15, 0.2) is 10.4 Å². The fraction of sp³-hybridized carbons (Fsp3) is 0.538. The summed E-state index contributed by atoms with van der Waals surface area (Å²) in [6.07, 6.45) is 1.66. The standard InChI is InChI=1S/C13H18ClN3S/c1-8(13(2,3)4)7-17-11-10(16-12(17)18)5-9(14)6-15-11/h5-6,8H,7H2,1-4H3,(H,16,18). The molecule has 18 heavy (non-hydrogen) atoms. The Morgan fingerprint density at radius 2 is 2.17 bits per heavy atom. The molecule has 3 nitrogen and oxygen atoms in total. The lowest BCUT2D eigenvalue weighted by Crippen LogP contribution is -2.22. The third-order valence-electron chi connectivity index (χ3n) is 3.51. The van der Waals surface area contributed by atoms with Crippen LogP contribution in [0.4, 0.5) is 0 Å². The van der Waals surface area contributed by atoms with Crippen molar-refractivity contribution in [2.24, 2.45) is 11.3 Å². The zero-order valence-electron chi connectivity index (χ0n) is 11.1. The normalized spacial score (nSPS) is 14.1. The monoisotopic (exact) mass is 283 g/mol. The number of pyridine rings is 1. The molecule has 5 heteroatoms. The van der Waals surface area contributed by atoms with Gasteiger partial charge in [0.05, 0.1) is 10.5 Å². The summed E-state index contributed by atoms with van der Waals surface area (Å²) in [4.78, 5) is 7.53. The minimum atomic E-state index is 0.241. The summed E-state index contributed by atoms with van der Waals surface area (Å²) in [5.74, 6) is 0.501. The van der Waals surface area contributed by atoms with Gasteiger partial charge in [-0.1, -0.05) is 39.3 Å². The summed E-state index contributed by atoms with van der Waals surface area (Å²) in [5, 5.41) is 0.620. The number of aromatic amines is 1. The maximum absolute atomic E-state index is 5.93. The third-order valence-corrected chi connectivity index (χ3v) is 4.04. The van der Waals surface area contributed by atoms with Gasteiger partial charge >= 0.3 is 0 Å². The molecule has 0 aliphatic carbocycles. The molecule has 0 aliphatic heterocycles. The van der Waals surface area contributed by atoms with Crippen LogP contribution in [-0.4, -0.2) is 14.5 Å². The van der Waals surface area contributed by atoms with Crippen molar-refractivity contribution in [3.8, 4) is 0 Å². The minimum absolute atomic E-state index is 0.241. The van der Waals surface area contributed by atoms with Gasteiger partial charge < -0.3 is 9.55 Å². The number of halogens is 1. The second-order valence-electron chi connectivity index (χ2n) is 5.83. The molecule has 0 aromatic carbocycles. The quantitative estimate of drug-likeness (QED) is 0.827. The molecule has 0 saturated carbocycles. The number of imidazole rings is 1. The van der Waals surface area contributed by atoms with E-state index in [4.69, 9.17) is 23.8 Å². The number of fused-ring (bicyclic) bond motifs is 1. The summed E-state index contributed by atoms with van der Waals surface area (Å²) in [7, 11) is 0. The smallest absolute Gasteiger partial charge is 0.179 e. The van der Waals surface area contributed by atoms with Crippen LogP contribution in [-0.2, 0) is 6.54 Å². The van der Waals surface area contributed by atoms with Gasteiger partial charge in [0, 0.05) is 12.7 Å². The largest absolute Gasteiger partial charge is 0.329 e. The van der Waals surface area contributed by atoms with Gasteiger partial charge in [-0.05, 0) is 29.6 Å². The van der Waals surface area contributed by atoms with E-state index < -0.39 is 0 Å². The zero-order chi connectivity index (χ0) is 13.5. The maximum Gasteiger partial charge on any atom is 0.179 e. The molecule has 0 amide bonds. The molecule has 0 aliphatic rings. The molecular weight excluding hydrogens is 266 g/mol. The lowest BCUT2D eigenvalue weighted by atomic mass is 9.82. The van der Waals surface area contributed by atoms with Crippen molar-refractivity contribution in [2.75, 3.05) is 0 Å². The van der Waals surface area contributed by atoms with E-state index in [0.717, 1.165) is 17.7 Å². The number of nitrogens with zero attached hydrogens (tertiary/aromatic N) is 2. The van der Waals surface area contributed by atoms with Crippen LogP contribution in [0, 0.1) is 16.1 Å². The van der Waals surface area contributed by atoms with Crippen LogP contribution >= 0.6 is 23.8 Å². The first-order valence-corrected chi connectivity index (χ1v) is 6.81. The number of aromatic nitrogens is 3. The Bertz CT molecular complexity index is 621. The Hall–Kier alpha value is -0.870.